The van der Waals surface area contributed by atoms with Crippen molar-refractivity contribution in [3.8, 4) is 5.82 Å². The topological polar surface area (TPSA) is 86.0 Å². The second-order valence-electron chi connectivity index (χ2n) is 7.45. The number of fused-ring (bicyclic) bond motifs is 1. The van der Waals surface area contributed by atoms with Crippen molar-refractivity contribution >= 4 is 38.4 Å². The maximum atomic E-state index is 12.3. The predicted octanol–water partition coefficient (Wildman–Crippen LogP) is 3.89. The number of sulfonamides is 1. The molecule has 3 rings (SSSR count). The fraction of sp³-hybridized carbons (Fsp3) is 0.429. The maximum Gasteiger partial charge on any atom is 0.234 e. The summed E-state index contributed by atoms with van der Waals surface area (Å²) in [6.45, 7) is 3.89. The molecular weight excluding hydrogens is 424 g/mol. The molecule has 0 aliphatic heterocycles. The van der Waals surface area contributed by atoms with Gasteiger partial charge in [0.1, 0.15) is 5.82 Å². The van der Waals surface area contributed by atoms with Crippen LogP contribution >= 0.6 is 11.6 Å². The van der Waals surface area contributed by atoms with Gasteiger partial charge >= 0.3 is 0 Å². The van der Waals surface area contributed by atoms with Crippen molar-refractivity contribution in [2.45, 2.75) is 46.0 Å². The van der Waals surface area contributed by atoms with E-state index in [-0.39, 0.29) is 12.2 Å². The molecule has 162 valence electrons. The van der Waals surface area contributed by atoms with Crippen molar-refractivity contribution in [1.29, 1.82) is 0 Å². The van der Waals surface area contributed by atoms with Crippen LogP contribution in [0.1, 0.15) is 43.9 Å². The number of hydrogen-bond acceptors (Lipinski definition) is 4. The third kappa shape index (κ3) is 5.05. The average Bonchev–Trinajstić information content (AvgIpc) is 3.18. The molecule has 1 N–H and O–H groups in total. The summed E-state index contributed by atoms with van der Waals surface area (Å²) < 4.78 is 30.1. The van der Waals surface area contributed by atoms with Crippen LogP contribution in [0.5, 0.6) is 0 Å². The standard InChI is InChI=1S/C21H27ClN4O3S/c1-4-5-6-13-30(28,29)24-20(27)10-8-18-15(2)23-25(3)21(18)26-12-11-16-14-17(22)7-9-19(16)26/h7,9,11-12,14H,4-6,8,10,13H2,1-3H3,(H,24,27). The molecule has 0 atom stereocenters. The van der Waals surface area contributed by atoms with Gasteiger partial charge in [-0.2, -0.15) is 5.10 Å². The Labute approximate surface area is 182 Å². The van der Waals surface area contributed by atoms with E-state index in [2.05, 4.69) is 9.82 Å². The van der Waals surface area contributed by atoms with Crippen molar-refractivity contribution < 1.29 is 13.2 Å². The molecule has 1 aromatic carbocycles. The van der Waals surface area contributed by atoms with Crippen molar-refractivity contribution in [3.63, 3.8) is 0 Å². The molecule has 0 bridgehead atoms. The van der Waals surface area contributed by atoms with E-state index >= 15 is 0 Å². The van der Waals surface area contributed by atoms with Gasteiger partial charge in [-0.15, -0.1) is 0 Å². The fourth-order valence-corrected chi connectivity index (χ4v) is 4.95. The Morgan fingerprint density at radius 2 is 2.00 bits per heavy atom. The van der Waals surface area contributed by atoms with Crippen molar-refractivity contribution in [1.82, 2.24) is 19.1 Å². The number of halogens is 1. The maximum absolute atomic E-state index is 12.3. The van der Waals surface area contributed by atoms with Crippen LogP contribution in [-0.4, -0.2) is 34.4 Å². The molecule has 0 spiro atoms. The molecule has 3 aromatic rings. The molecule has 0 fully saturated rings. The van der Waals surface area contributed by atoms with Gasteiger partial charge in [0.25, 0.3) is 0 Å². The molecule has 2 heterocycles. The van der Waals surface area contributed by atoms with Crippen LogP contribution in [0.25, 0.3) is 16.7 Å². The van der Waals surface area contributed by atoms with Crippen LogP contribution in [0, 0.1) is 6.92 Å². The van der Waals surface area contributed by atoms with Crippen molar-refractivity contribution in [2.75, 3.05) is 5.75 Å². The van der Waals surface area contributed by atoms with E-state index in [1.54, 1.807) is 4.68 Å². The lowest BCUT2D eigenvalue weighted by atomic mass is 10.1. The summed E-state index contributed by atoms with van der Waals surface area (Å²) in [6, 6.07) is 7.65. The SMILES string of the molecule is CCCCCS(=O)(=O)NC(=O)CCc1c(C)nn(C)c1-n1ccc2cc(Cl)ccc21. The third-order valence-corrected chi connectivity index (χ3v) is 6.68. The van der Waals surface area contributed by atoms with Crippen molar-refractivity contribution in [3.05, 3.63) is 46.7 Å². The minimum Gasteiger partial charge on any atom is -0.301 e. The molecule has 1 amide bonds. The first kappa shape index (κ1) is 22.4. The van der Waals surface area contributed by atoms with Gasteiger partial charge in [0.05, 0.1) is 17.0 Å². The highest BCUT2D eigenvalue weighted by Crippen LogP contribution is 2.27. The number of rotatable bonds is 9. The Morgan fingerprint density at radius 3 is 2.73 bits per heavy atom. The Balaban J connectivity index is 1.78. The number of carbonyl (C=O) groups excluding carboxylic acids is 1. The monoisotopic (exact) mass is 450 g/mol. The molecule has 0 saturated carbocycles. The van der Waals surface area contributed by atoms with Gasteiger partial charge in [0.2, 0.25) is 15.9 Å². The summed E-state index contributed by atoms with van der Waals surface area (Å²) in [5.74, 6) is 0.329. The Morgan fingerprint density at radius 1 is 1.23 bits per heavy atom. The molecule has 0 radical (unpaired) electrons. The first-order valence-electron chi connectivity index (χ1n) is 10.0. The lowest BCUT2D eigenvalue weighted by molar-refractivity contribution is -0.119. The minimum absolute atomic E-state index is 0.0261. The fourth-order valence-electron chi connectivity index (χ4n) is 3.64. The van der Waals surface area contributed by atoms with Gasteiger partial charge in [-0.3, -0.25) is 14.2 Å². The van der Waals surface area contributed by atoms with Gasteiger partial charge in [-0.05, 0) is 44.0 Å². The van der Waals surface area contributed by atoms with Crippen LogP contribution in [-0.2, 0) is 28.3 Å². The van der Waals surface area contributed by atoms with Gasteiger partial charge in [-0.1, -0.05) is 31.4 Å². The number of hydrogen-bond donors (Lipinski definition) is 1. The number of benzene rings is 1. The molecular formula is C21H27ClN4O3S. The van der Waals surface area contributed by atoms with E-state index < -0.39 is 15.9 Å². The zero-order valence-corrected chi connectivity index (χ0v) is 19.1. The smallest absolute Gasteiger partial charge is 0.234 e. The second-order valence-corrected chi connectivity index (χ2v) is 9.73. The molecule has 2 aromatic heterocycles. The van der Waals surface area contributed by atoms with Crippen LogP contribution in [0.3, 0.4) is 0 Å². The molecule has 0 aliphatic carbocycles. The molecule has 9 heteroatoms. The lowest BCUT2D eigenvalue weighted by Gasteiger charge is -2.11. The molecule has 0 saturated heterocycles. The van der Waals surface area contributed by atoms with Gasteiger partial charge in [-0.25, -0.2) is 8.42 Å². The Hall–Kier alpha value is -2.32. The highest BCUT2D eigenvalue weighted by Gasteiger charge is 2.19. The number of unbranched alkanes of at least 4 members (excludes halogenated alkanes) is 2. The number of nitrogens with one attached hydrogen (secondary N) is 1. The number of aryl methyl sites for hydroxylation is 2. The summed E-state index contributed by atoms with van der Waals surface area (Å²) in [7, 11) is -1.73. The predicted molar refractivity (Wildman–Crippen MR) is 120 cm³/mol. The number of carbonyl (C=O) groups is 1. The average molecular weight is 451 g/mol. The second kappa shape index (κ2) is 9.22. The number of aromatic nitrogens is 3. The van der Waals surface area contributed by atoms with Crippen LogP contribution < -0.4 is 4.72 Å². The summed E-state index contributed by atoms with van der Waals surface area (Å²) in [5.41, 5.74) is 2.69. The van der Waals surface area contributed by atoms with Gasteiger partial charge in [0, 0.05) is 35.6 Å². The van der Waals surface area contributed by atoms with Crippen LogP contribution in [0.15, 0.2) is 30.5 Å². The summed E-state index contributed by atoms with van der Waals surface area (Å²) in [5, 5.41) is 6.18. The van der Waals surface area contributed by atoms with E-state index in [4.69, 9.17) is 11.6 Å². The first-order valence-corrected chi connectivity index (χ1v) is 12.1. The zero-order valence-electron chi connectivity index (χ0n) is 17.5. The molecule has 0 aliphatic rings. The third-order valence-electron chi connectivity index (χ3n) is 5.08. The number of nitrogens with zero attached hydrogens (tertiary/aromatic N) is 3. The summed E-state index contributed by atoms with van der Waals surface area (Å²) in [6.07, 6.45) is 4.70. The Kier molecular flexibility index (Phi) is 6.88. The normalized spacial score (nSPS) is 11.9. The highest BCUT2D eigenvalue weighted by atomic mass is 35.5. The van der Waals surface area contributed by atoms with E-state index in [9.17, 15) is 13.2 Å². The van der Waals surface area contributed by atoms with Crippen molar-refractivity contribution in [2.24, 2.45) is 7.05 Å². The number of amides is 1. The zero-order chi connectivity index (χ0) is 21.9. The van der Waals surface area contributed by atoms with Gasteiger partial charge in [0.15, 0.2) is 0 Å². The largest absolute Gasteiger partial charge is 0.301 e. The highest BCUT2D eigenvalue weighted by molar-refractivity contribution is 7.90. The quantitative estimate of drug-likeness (QED) is 0.501. The Bertz CT molecular complexity index is 1160. The lowest BCUT2D eigenvalue weighted by Crippen LogP contribution is -2.32. The molecule has 0 unspecified atom stereocenters. The van der Waals surface area contributed by atoms with Gasteiger partial charge < -0.3 is 4.57 Å². The van der Waals surface area contributed by atoms with E-state index in [0.29, 0.717) is 17.9 Å². The van der Waals surface area contributed by atoms with E-state index in [0.717, 1.165) is 40.8 Å². The van der Waals surface area contributed by atoms with Crippen LogP contribution in [0.4, 0.5) is 0 Å². The minimum atomic E-state index is -3.59. The van der Waals surface area contributed by atoms with E-state index in [1.165, 1.54) is 0 Å². The summed E-state index contributed by atoms with van der Waals surface area (Å²) >= 11 is 6.10. The molecule has 30 heavy (non-hydrogen) atoms. The summed E-state index contributed by atoms with van der Waals surface area (Å²) in [4.78, 5) is 12.3. The van der Waals surface area contributed by atoms with Crippen LogP contribution in [0.2, 0.25) is 5.02 Å². The van der Waals surface area contributed by atoms with E-state index in [1.807, 2.05) is 55.9 Å². The first-order chi connectivity index (χ1) is 14.2. The molecule has 7 nitrogen and oxygen atoms in total.